The summed E-state index contributed by atoms with van der Waals surface area (Å²) in [6.45, 7) is 0.428. The Morgan fingerprint density at radius 3 is 2.63 bits per heavy atom. The van der Waals surface area contributed by atoms with Gasteiger partial charge in [0.05, 0.1) is 19.7 Å². The average molecular weight is 371 g/mol. The van der Waals surface area contributed by atoms with Gasteiger partial charge in [-0.2, -0.15) is 0 Å². The Morgan fingerprint density at radius 2 is 1.96 bits per heavy atom. The van der Waals surface area contributed by atoms with E-state index in [9.17, 15) is 9.59 Å². The third-order valence-electron chi connectivity index (χ3n) is 5.45. The SMILES string of the molecule is COc1cc(OC)c2cc(CCCN3C(=O)C[C@@H](C4CC4)NC3=O)[nH]c2c1. The Hall–Kier alpha value is -2.70. The van der Waals surface area contributed by atoms with Gasteiger partial charge in [-0.15, -0.1) is 0 Å². The molecule has 7 nitrogen and oxygen atoms in total. The van der Waals surface area contributed by atoms with Crippen molar-refractivity contribution in [3.05, 3.63) is 23.9 Å². The number of imide groups is 1. The zero-order valence-corrected chi connectivity index (χ0v) is 15.7. The maximum absolute atomic E-state index is 12.3. The summed E-state index contributed by atoms with van der Waals surface area (Å²) < 4.78 is 10.7. The Morgan fingerprint density at radius 1 is 1.15 bits per heavy atom. The minimum absolute atomic E-state index is 0.0393. The van der Waals surface area contributed by atoms with Gasteiger partial charge in [0, 0.05) is 42.2 Å². The number of H-pyrrole nitrogens is 1. The number of fused-ring (bicyclic) bond motifs is 1. The van der Waals surface area contributed by atoms with Crippen LogP contribution in [0.1, 0.15) is 31.4 Å². The van der Waals surface area contributed by atoms with Crippen LogP contribution < -0.4 is 14.8 Å². The molecule has 1 aromatic carbocycles. The second-order valence-electron chi connectivity index (χ2n) is 7.33. The van der Waals surface area contributed by atoms with Crippen LogP contribution in [-0.4, -0.2) is 48.6 Å². The van der Waals surface area contributed by atoms with E-state index in [0.717, 1.165) is 47.4 Å². The number of aryl methyl sites for hydroxylation is 1. The average Bonchev–Trinajstić information content (AvgIpc) is 3.42. The van der Waals surface area contributed by atoms with Crippen molar-refractivity contribution in [3.63, 3.8) is 0 Å². The van der Waals surface area contributed by atoms with Gasteiger partial charge in [0.15, 0.2) is 0 Å². The number of carbonyl (C=O) groups is 2. The maximum atomic E-state index is 12.3. The number of amides is 3. The van der Waals surface area contributed by atoms with E-state index >= 15 is 0 Å². The Balaban J connectivity index is 1.38. The van der Waals surface area contributed by atoms with Crippen molar-refractivity contribution in [1.29, 1.82) is 0 Å². The number of ether oxygens (including phenoxy) is 2. The zero-order valence-electron chi connectivity index (χ0n) is 15.7. The molecular weight excluding hydrogens is 346 g/mol. The minimum atomic E-state index is -0.244. The Kier molecular flexibility index (Phi) is 4.68. The Bertz CT molecular complexity index is 853. The van der Waals surface area contributed by atoms with Gasteiger partial charge in [0.2, 0.25) is 5.91 Å². The molecule has 1 aromatic heterocycles. The van der Waals surface area contributed by atoms with Crippen LogP contribution in [0, 0.1) is 5.92 Å². The lowest BCUT2D eigenvalue weighted by molar-refractivity contribution is -0.130. The van der Waals surface area contributed by atoms with Crippen LogP contribution in [0.3, 0.4) is 0 Å². The predicted octanol–water partition coefficient (Wildman–Crippen LogP) is 2.84. The highest BCUT2D eigenvalue weighted by Crippen LogP contribution is 2.35. The van der Waals surface area contributed by atoms with Crippen molar-refractivity contribution in [3.8, 4) is 11.5 Å². The second-order valence-corrected chi connectivity index (χ2v) is 7.33. The van der Waals surface area contributed by atoms with Gasteiger partial charge >= 0.3 is 6.03 Å². The highest BCUT2D eigenvalue weighted by molar-refractivity contribution is 5.97. The molecule has 2 N–H and O–H groups in total. The van der Waals surface area contributed by atoms with E-state index < -0.39 is 0 Å². The number of hydrogen-bond acceptors (Lipinski definition) is 4. The van der Waals surface area contributed by atoms with Crippen LogP contribution in [0.25, 0.3) is 10.9 Å². The van der Waals surface area contributed by atoms with Crippen molar-refractivity contribution in [2.75, 3.05) is 20.8 Å². The quantitative estimate of drug-likeness (QED) is 0.784. The van der Waals surface area contributed by atoms with Crippen molar-refractivity contribution < 1.29 is 19.1 Å². The molecule has 0 bridgehead atoms. The van der Waals surface area contributed by atoms with Gasteiger partial charge < -0.3 is 19.8 Å². The van der Waals surface area contributed by atoms with Crippen LogP contribution in [0.15, 0.2) is 18.2 Å². The number of urea groups is 1. The third kappa shape index (κ3) is 3.59. The van der Waals surface area contributed by atoms with E-state index in [0.29, 0.717) is 25.3 Å². The predicted molar refractivity (Wildman–Crippen MR) is 101 cm³/mol. The molecule has 3 amide bonds. The summed E-state index contributed by atoms with van der Waals surface area (Å²) in [4.78, 5) is 29.3. The maximum Gasteiger partial charge on any atom is 0.324 e. The molecule has 2 fully saturated rings. The number of nitrogens with one attached hydrogen (secondary N) is 2. The first-order valence-corrected chi connectivity index (χ1v) is 9.43. The third-order valence-corrected chi connectivity index (χ3v) is 5.45. The van der Waals surface area contributed by atoms with E-state index in [-0.39, 0.29) is 18.0 Å². The topological polar surface area (TPSA) is 83.7 Å². The smallest absolute Gasteiger partial charge is 0.324 e. The number of aromatic amines is 1. The highest BCUT2D eigenvalue weighted by atomic mass is 16.5. The molecule has 7 heteroatoms. The first kappa shape index (κ1) is 17.7. The van der Waals surface area contributed by atoms with Crippen LogP contribution in [0.4, 0.5) is 4.79 Å². The van der Waals surface area contributed by atoms with E-state index in [1.165, 1.54) is 4.90 Å². The van der Waals surface area contributed by atoms with Crippen LogP contribution in [-0.2, 0) is 11.2 Å². The van der Waals surface area contributed by atoms with Crippen LogP contribution >= 0.6 is 0 Å². The van der Waals surface area contributed by atoms with Gasteiger partial charge in [-0.1, -0.05) is 0 Å². The van der Waals surface area contributed by atoms with E-state index in [1.807, 2.05) is 12.1 Å². The fourth-order valence-electron chi connectivity index (χ4n) is 3.79. The first-order valence-electron chi connectivity index (χ1n) is 9.43. The molecule has 1 aliphatic heterocycles. The van der Waals surface area contributed by atoms with Crippen molar-refractivity contribution in [1.82, 2.24) is 15.2 Å². The number of nitrogens with zero attached hydrogens (tertiary/aromatic N) is 1. The molecule has 1 saturated heterocycles. The standard InChI is InChI=1S/C20H25N3O4/c1-26-14-9-17-15(18(10-14)27-2)8-13(21-17)4-3-7-23-19(24)11-16(12-5-6-12)22-20(23)25/h8-10,12,16,21H,3-7,11H2,1-2H3,(H,22,25)/t16-/m0/s1. The number of carbonyl (C=O) groups excluding carboxylic acids is 2. The van der Waals surface area contributed by atoms with Crippen molar-refractivity contribution >= 4 is 22.8 Å². The number of benzene rings is 1. The van der Waals surface area contributed by atoms with Gasteiger partial charge in [0.25, 0.3) is 0 Å². The summed E-state index contributed by atoms with van der Waals surface area (Å²) in [6, 6.07) is 5.63. The van der Waals surface area contributed by atoms with E-state index in [4.69, 9.17) is 9.47 Å². The van der Waals surface area contributed by atoms with Gasteiger partial charge in [-0.3, -0.25) is 9.69 Å². The molecule has 1 saturated carbocycles. The molecule has 1 aliphatic carbocycles. The van der Waals surface area contributed by atoms with Crippen molar-refractivity contribution in [2.45, 2.75) is 38.1 Å². The summed E-state index contributed by atoms with van der Waals surface area (Å²) >= 11 is 0. The van der Waals surface area contributed by atoms with Crippen LogP contribution in [0.5, 0.6) is 11.5 Å². The fraction of sp³-hybridized carbons (Fsp3) is 0.500. The van der Waals surface area contributed by atoms with E-state index in [1.54, 1.807) is 14.2 Å². The summed E-state index contributed by atoms with van der Waals surface area (Å²) in [5, 5.41) is 3.98. The molecule has 4 rings (SSSR count). The lowest BCUT2D eigenvalue weighted by atomic mass is 10.1. The fourth-order valence-corrected chi connectivity index (χ4v) is 3.79. The summed E-state index contributed by atoms with van der Waals surface area (Å²) in [5.41, 5.74) is 1.98. The van der Waals surface area contributed by atoms with Crippen LogP contribution in [0.2, 0.25) is 0 Å². The summed E-state index contributed by atoms with van der Waals surface area (Å²) in [7, 11) is 3.26. The molecule has 2 aromatic rings. The number of aromatic nitrogens is 1. The second kappa shape index (κ2) is 7.13. The number of hydrogen-bond donors (Lipinski definition) is 2. The number of rotatable bonds is 7. The molecule has 0 spiro atoms. The molecule has 0 radical (unpaired) electrons. The molecule has 0 unspecified atom stereocenters. The van der Waals surface area contributed by atoms with Crippen molar-refractivity contribution in [2.24, 2.45) is 5.92 Å². The molecule has 144 valence electrons. The lowest BCUT2D eigenvalue weighted by Crippen LogP contribution is -2.55. The summed E-state index contributed by atoms with van der Waals surface area (Å²) in [5.74, 6) is 1.93. The van der Waals surface area contributed by atoms with Gasteiger partial charge in [-0.25, -0.2) is 4.79 Å². The lowest BCUT2D eigenvalue weighted by Gasteiger charge is -2.31. The number of methoxy groups -OCH3 is 2. The molecule has 1 atom stereocenters. The normalized spacial score (nSPS) is 20.1. The Labute approximate surface area is 158 Å². The summed E-state index contributed by atoms with van der Waals surface area (Å²) in [6.07, 6.45) is 4.11. The molecular formula is C20H25N3O4. The monoisotopic (exact) mass is 371 g/mol. The highest BCUT2D eigenvalue weighted by Gasteiger charge is 2.39. The van der Waals surface area contributed by atoms with Gasteiger partial charge in [-0.05, 0) is 37.7 Å². The van der Waals surface area contributed by atoms with E-state index in [2.05, 4.69) is 16.4 Å². The first-order chi connectivity index (χ1) is 13.1. The largest absolute Gasteiger partial charge is 0.497 e. The zero-order chi connectivity index (χ0) is 19.0. The molecule has 27 heavy (non-hydrogen) atoms. The minimum Gasteiger partial charge on any atom is -0.497 e. The molecule has 2 heterocycles. The van der Waals surface area contributed by atoms with Gasteiger partial charge in [0.1, 0.15) is 11.5 Å². The molecule has 2 aliphatic rings.